The van der Waals surface area contributed by atoms with E-state index in [0.29, 0.717) is 40.8 Å². The van der Waals surface area contributed by atoms with Gasteiger partial charge >= 0.3 is 0 Å². The van der Waals surface area contributed by atoms with Gasteiger partial charge in [-0.1, -0.05) is 42.5 Å². The number of carbonyl (C=O) groups excluding carboxylic acids is 1. The maximum Gasteiger partial charge on any atom is 0.280 e. The van der Waals surface area contributed by atoms with Gasteiger partial charge in [-0.25, -0.2) is 0 Å². The summed E-state index contributed by atoms with van der Waals surface area (Å²) in [5.74, 6) is 2.03. The normalized spacial score (nSPS) is 13.9. The number of allylic oxidation sites excluding steroid dienone is 1. The molecule has 0 bridgehead atoms. The molecule has 1 aliphatic rings. The number of hydrazone groups is 1. The number of rotatable bonds is 11. The number of benzene rings is 3. The topological polar surface area (TPSA) is 69.6 Å². The first-order chi connectivity index (χ1) is 18.0. The maximum absolute atomic E-state index is 13.1. The lowest BCUT2D eigenvalue weighted by Gasteiger charge is -2.16. The van der Waals surface area contributed by atoms with E-state index in [0.717, 1.165) is 23.3 Å². The third-order valence-electron chi connectivity index (χ3n) is 5.78. The van der Waals surface area contributed by atoms with Gasteiger partial charge in [0.25, 0.3) is 5.91 Å². The Bertz CT molecular complexity index is 1310. The van der Waals surface area contributed by atoms with Gasteiger partial charge in [-0.3, -0.25) is 4.79 Å². The Balaban J connectivity index is 1.50. The molecule has 7 nitrogen and oxygen atoms in total. The molecule has 0 N–H and O–H groups in total. The highest BCUT2D eigenvalue weighted by atomic mass is 16.6. The second-order valence-corrected chi connectivity index (χ2v) is 8.25. The summed E-state index contributed by atoms with van der Waals surface area (Å²) in [6, 6.07) is 20.8. The number of carbonyl (C=O) groups is 1. The van der Waals surface area contributed by atoms with Crippen LogP contribution in [0.4, 0.5) is 5.69 Å². The molecule has 0 aliphatic carbocycles. The smallest absolute Gasteiger partial charge is 0.280 e. The number of anilines is 1. The van der Waals surface area contributed by atoms with Crippen LogP contribution in [0.5, 0.6) is 23.0 Å². The number of hydrogen-bond acceptors (Lipinski definition) is 6. The molecule has 0 atom stereocenters. The van der Waals surface area contributed by atoms with Gasteiger partial charge in [-0.05, 0) is 60.9 Å². The van der Waals surface area contributed by atoms with E-state index in [4.69, 9.17) is 18.9 Å². The highest BCUT2D eigenvalue weighted by Crippen LogP contribution is 2.39. The van der Waals surface area contributed by atoms with Gasteiger partial charge in [0.1, 0.15) is 19.0 Å². The highest BCUT2D eigenvalue weighted by molar-refractivity contribution is 6.32. The van der Waals surface area contributed by atoms with E-state index in [-0.39, 0.29) is 12.5 Å². The van der Waals surface area contributed by atoms with Crippen molar-refractivity contribution in [1.29, 1.82) is 0 Å². The van der Waals surface area contributed by atoms with Gasteiger partial charge in [0, 0.05) is 0 Å². The molecule has 37 heavy (non-hydrogen) atoms. The van der Waals surface area contributed by atoms with Gasteiger partial charge < -0.3 is 18.9 Å². The van der Waals surface area contributed by atoms with Gasteiger partial charge in [0.2, 0.25) is 5.75 Å². The second-order valence-electron chi connectivity index (χ2n) is 8.25. The highest BCUT2D eigenvalue weighted by Gasteiger charge is 2.29. The van der Waals surface area contributed by atoms with Gasteiger partial charge in [0.05, 0.1) is 31.2 Å². The first-order valence-electron chi connectivity index (χ1n) is 11.9. The molecule has 1 heterocycles. The van der Waals surface area contributed by atoms with Crippen molar-refractivity contribution in [2.24, 2.45) is 5.10 Å². The quantitative estimate of drug-likeness (QED) is 0.193. The van der Waals surface area contributed by atoms with Crippen molar-refractivity contribution in [3.8, 4) is 23.0 Å². The van der Waals surface area contributed by atoms with Crippen LogP contribution in [0, 0.1) is 0 Å². The van der Waals surface area contributed by atoms with Crippen molar-refractivity contribution in [2.75, 3.05) is 32.4 Å². The number of ether oxygens (including phenoxy) is 4. The molecule has 1 aliphatic heterocycles. The van der Waals surface area contributed by atoms with E-state index in [1.807, 2.05) is 67.6 Å². The molecule has 1 amide bonds. The standard InChI is InChI=1S/C30H30N2O5/c1-5-11-23-12-9-10-15-26(23)36-16-17-37-29-27(34-3)19-22(20-28(29)35-4)18-25-21(2)31-32(30(25)33)24-13-7-6-8-14-24/h5-10,12-15,18-20H,1,11,16-17H2,2-4H3/b25-18+. The predicted octanol–water partition coefficient (Wildman–Crippen LogP) is 5.70. The number of hydrogen-bond donors (Lipinski definition) is 0. The van der Waals surface area contributed by atoms with Crippen molar-refractivity contribution < 1.29 is 23.7 Å². The third-order valence-corrected chi connectivity index (χ3v) is 5.78. The molecular weight excluding hydrogens is 468 g/mol. The van der Waals surface area contributed by atoms with Crippen molar-refractivity contribution >= 4 is 23.4 Å². The molecule has 0 unspecified atom stereocenters. The van der Waals surface area contributed by atoms with Crippen molar-refractivity contribution in [3.05, 3.63) is 96.1 Å². The van der Waals surface area contributed by atoms with E-state index in [1.165, 1.54) is 5.01 Å². The van der Waals surface area contributed by atoms with Crippen LogP contribution in [0.15, 0.2) is 90.1 Å². The fourth-order valence-electron chi connectivity index (χ4n) is 3.99. The summed E-state index contributed by atoms with van der Waals surface area (Å²) in [4.78, 5) is 13.1. The van der Waals surface area contributed by atoms with Crippen molar-refractivity contribution in [3.63, 3.8) is 0 Å². The Morgan fingerprint density at radius 2 is 1.54 bits per heavy atom. The van der Waals surface area contributed by atoms with Crippen LogP contribution >= 0.6 is 0 Å². The summed E-state index contributed by atoms with van der Waals surface area (Å²) in [5, 5.41) is 5.84. The lowest BCUT2D eigenvalue weighted by molar-refractivity contribution is -0.114. The zero-order chi connectivity index (χ0) is 26.2. The van der Waals surface area contributed by atoms with Crippen LogP contribution < -0.4 is 24.0 Å². The molecule has 0 radical (unpaired) electrons. The fourth-order valence-corrected chi connectivity index (χ4v) is 3.99. The zero-order valence-electron chi connectivity index (χ0n) is 21.3. The van der Waals surface area contributed by atoms with Crippen LogP contribution in [0.2, 0.25) is 0 Å². The van der Waals surface area contributed by atoms with Gasteiger partial charge in [-0.2, -0.15) is 10.1 Å². The summed E-state index contributed by atoms with van der Waals surface area (Å²) < 4.78 is 23.1. The summed E-state index contributed by atoms with van der Waals surface area (Å²) >= 11 is 0. The lowest BCUT2D eigenvalue weighted by Crippen LogP contribution is -2.21. The van der Waals surface area contributed by atoms with E-state index in [1.54, 1.807) is 32.4 Å². The average Bonchev–Trinajstić information content (AvgIpc) is 3.21. The largest absolute Gasteiger partial charge is 0.493 e. The maximum atomic E-state index is 13.1. The summed E-state index contributed by atoms with van der Waals surface area (Å²) in [6.07, 6.45) is 4.35. The molecule has 3 aromatic rings. The summed E-state index contributed by atoms with van der Waals surface area (Å²) in [7, 11) is 3.12. The Kier molecular flexibility index (Phi) is 8.26. The van der Waals surface area contributed by atoms with Crippen LogP contribution in [0.1, 0.15) is 18.1 Å². The minimum Gasteiger partial charge on any atom is -0.493 e. The van der Waals surface area contributed by atoms with E-state index < -0.39 is 0 Å². The minimum absolute atomic E-state index is 0.198. The Labute approximate surface area is 217 Å². The summed E-state index contributed by atoms with van der Waals surface area (Å²) in [6.45, 7) is 6.23. The van der Waals surface area contributed by atoms with Crippen molar-refractivity contribution in [1.82, 2.24) is 0 Å². The molecule has 190 valence electrons. The van der Waals surface area contributed by atoms with Crippen LogP contribution in [-0.2, 0) is 11.2 Å². The Morgan fingerprint density at radius 1 is 0.892 bits per heavy atom. The third kappa shape index (κ3) is 5.83. The zero-order valence-corrected chi connectivity index (χ0v) is 21.3. The first kappa shape index (κ1) is 25.6. The molecule has 0 aromatic heterocycles. The number of amides is 1. The van der Waals surface area contributed by atoms with Crippen LogP contribution in [0.3, 0.4) is 0 Å². The van der Waals surface area contributed by atoms with E-state index in [9.17, 15) is 4.79 Å². The number of methoxy groups -OCH3 is 2. The minimum atomic E-state index is -0.198. The van der Waals surface area contributed by atoms with E-state index >= 15 is 0 Å². The Hall–Kier alpha value is -4.52. The molecular formula is C30H30N2O5. The average molecular weight is 499 g/mol. The van der Waals surface area contributed by atoms with Crippen molar-refractivity contribution in [2.45, 2.75) is 13.3 Å². The molecule has 0 saturated carbocycles. The molecule has 0 spiro atoms. The number of nitrogens with zero attached hydrogens (tertiary/aromatic N) is 2. The molecule has 0 fully saturated rings. The lowest BCUT2D eigenvalue weighted by atomic mass is 10.1. The van der Waals surface area contributed by atoms with Gasteiger partial charge in [-0.15, -0.1) is 6.58 Å². The monoisotopic (exact) mass is 498 g/mol. The van der Waals surface area contributed by atoms with Gasteiger partial charge in [0.15, 0.2) is 11.5 Å². The Morgan fingerprint density at radius 3 is 2.22 bits per heavy atom. The second kappa shape index (κ2) is 11.9. The molecule has 4 rings (SSSR count). The SMILES string of the molecule is C=CCc1ccccc1OCCOc1c(OC)cc(/C=C2/C(=O)N(c3ccccc3)N=C2C)cc1OC. The fraction of sp³-hybridized carbons (Fsp3) is 0.200. The molecule has 0 saturated heterocycles. The van der Waals surface area contributed by atoms with Crippen LogP contribution in [0.25, 0.3) is 6.08 Å². The van der Waals surface area contributed by atoms with Crippen LogP contribution in [-0.4, -0.2) is 39.1 Å². The predicted molar refractivity (Wildman–Crippen MR) is 146 cm³/mol. The first-order valence-corrected chi connectivity index (χ1v) is 11.9. The molecule has 3 aromatic carbocycles. The molecule has 7 heteroatoms. The number of para-hydroxylation sites is 2. The summed E-state index contributed by atoms with van der Waals surface area (Å²) in [5.41, 5.74) is 3.62. The van der Waals surface area contributed by atoms with E-state index in [2.05, 4.69) is 11.7 Å².